The molecule has 0 aliphatic rings. The molecule has 1 amide bonds. The summed E-state index contributed by atoms with van der Waals surface area (Å²) >= 11 is 1.62. The molecule has 1 atom stereocenters. The van der Waals surface area contributed by atoms with Gasteiger partial charge in [0.25, 0.3) is 5.91 Å². The Hall–Kier alpha value is -1.92. The van der Waals surface area contributed by atoms with Gasteiger partial charge in [0.1, 0.15) is 0 Å². The average molecular weight is 322 g/mol. The molecular formula is C16H19FN2O2S. The molecule has 0 bridgehead atoms. The van der Waals surface area contributed by atoms with Crippen molar-refractivity contribution < 1.29 is 13.9 Å². The molecule has 2 aromatic rings. The number of para-hydroxylation sites is 1. The number of hydrogen-bond acceptors (Lipinski definition) is 4. The first-order valence-electron chi connectivity index (χ1n) is 6.90. The molecule has 0 saturated heterocycles. The zero-order valence-electron chi connectivity index (χ0n) is 12.6. The van der Waals surface area contributed by atoms with Gasteiger partial charge in [0, 0.05) is 6.54 Å². The van der Waals surface area contributed by atoms with Crippen LogP contribution < -0.4 is 10.1 Å². The maximum atomic E-state index is 13.4. The second-order valence-corrected chi connectivity index (χ2v) is 5.84. The molecule has 0 fully saturated rings. The predicted molar refractivity (Wildman–Crippen MR) is 85.7 cm³/mol. The Kier molecular flexibility index (Phi) is 5.91. The molecule has 0 saturated carbocycles. The molecule has 1 unspecified atom stereocenters. The summed E-state index contributed by atoms with van der Waals surface area (Å²) in [5.74, 6) is -0.662. The smallest absolute Gasteiger partial charge is 0.258 e. The highest BCUT2D eigenvalue weighted by atomic mass is 32.1. The molecule has 2 rings (SSSR count). The van der Waals surface area contributed by atoms with Crippen molar-refractivity contribution in [2.24, 2.45) is 0 Å². The molecule has 118 valence electrons. The highest BCUT2D eigenvalue weighted by molar-refractivity contribution is 7.07. The Morgan fingerprint density at radius 3 is 2.77 bits per heavy atom. The zero-order valence-corrected chi connectivity index (χ0v) is 13.4. The van der Waals surface area contributed by atoms with E-state index in [4.69, 9.17) is 4.74 Å². The third-order valence-electron chi connectivity index (χ3n) is 3.24. The highest BCUT2D eigenvalue weighted by Crippen LogP contribution is 2.20. The molecule has 1 heterocycles. The van der Waals surface area contributed by atoms with Crippen LogP contribution in [0.25, 0.3) is 0 Å². The van der Waals surface area contributed by atoms with Crippen LogP contribution in [0.5, 0.6) is 5.75 Å². The normalized spacial score (nSPS) is 12.2. The molecular weight excluding hydrogens is 303 g/mol. The first-order chi connectivity index (χ1) is 10.6. The number of hydrogen-bond donors (Lipinski definition) is 1. The van der Waals surface area contributed by atoms with Crippen LogP contribution in [0, 0.1) is 5.82 Å². The zero-order chi connectivity index (χ0) is 15.9. The minimum absolute atomic E-state index is 0.0830. The highest BCUT2D eigenvalue weighted by Gasteiger charge is 2.16. The number of ether oxygens (including phenoxy) is 1. The van der Waals surface area contributed by atoms with Crippen molar-refractivity contribution in [1.29, 1.82) is 0 Å². The number of thiophene rings is 1. The molecule has 0 aliphatic heterocycles. The minimum Gasteiger partial charge on any atom is -0.481 e. The van der Waals surface area contributed by atoms with Gasteiger partial charge >= 0.3 is 0 Å². The van der Waals surface area contributed by atoms with Gasteiger partial charge in [-0.25, -0.2) is 4.39 Å². The number of amides is 1. The van der Waals surface area contributed by atoms with Crippen LogP contribution in [0.3, 0.4) is 0 Å². The van der Waals surface area contributed by atoms with Crippen LogP contribution >= 0.6 is 11.3 Å². The van der Waals surface area contributed by atoms with Crippen molar-refractivity contribution in [3.8, 4) is 5.75 Å². The number of carbonyl (C=O) groups is 1. The molecule has 0 radical (unpaired) electrons. The fourth-order valence-electron chi connectivity index (χ4n) is 2.03. The predicted octanol–water partition coefficient (Wildman–Crippen LogP) is 2.69. The first kappa shape index (κ1) is 16.5. The lowest BCUT2D eigenvalue weighted by atomic mass is 10.1. The lowest BCUT2D eigenvalue weighted by Gasteiger charge is -2.24. The monoisotopic (exact) mass is 322 g/mol. The summed E-state index contributed by atoms with van der Waals surface area (Å²) in [6.07, 6.45) is 0. The fourth-order valence-corrected chi connectivity index (χ4v) is 2.74. The topological polar surface area (TPSA) is 41.6 Å². The third kappa shape index (κ3) is 4.54. The van der Waals surface area contributed by atoms with Gasteiger partial charge in [-0.05, 0) is 48.6 Å². The van der Waals surface area contributed by atoms with Crippen molar-refractivity contribution in [1.82, 2.24) is 10.2 Å². The number of nitrogens with zero attached hydrogens (tertiary/aromatic N) is 1. The average Bonchev–Trinajstić information content (AvgIpc) is 3.00. The van der Waals surface area contributed by atoms with Crippen molar-refractivity contribution in [3.05, 3.63) is 52.5 Å². The first-order valence-corrected chi connectivity index (χ1v) is 7.84. The number of rotatable bonds is 7. The number of benzene rings is 1. The molecule has 1 aromatic carbocycles. The van der Waals surface area contributed by atoms with E-state index in [-0.39, 0.29) is 24.3 Å². The van der Waals surface area contributed by atoms with E-state index < -0.39 is 5.82 Å². The summed E-state index contributed by atoms with van der Waals surface area (Å²) < 4.78 is 18.6. The molecule has 0 aliphatic carbocycles. The van der Waals surface area contributed by atoms with Gasteiger partial charge in [0.2, 0.25) is 0 Å². The van der Waals surface area contributed by atoms with E-state index in [1.165, 1.54) is 12.1 Å². The van der Waals surface area contributed by atoms with Crippen LogP contribution in [0.1, 0.15) is 11.6 Å². The Morgan fingerprint density at radius 1 is 1.36 bits per heavy atom. The maximum absolute atomic E-state index is 13.4. The Balaban J connectivity index is 1.83. The summed E-state index contributed by atoms with van der Waals surface area (Å²) in [6, 6.07) is 8.17. The standard InChI is InChI=1S/C16H19FN2O2S/c1-19(2)14(12-7-8-22-11-12)9-18-16(20)10-21-15-6-4-3-5-13(15)17/h3-8,11,14H,9-10H2,1-2H3,(H,18,20). The van der Waals surface area contributed by atoms with Crippen LogP contribution in [0.4, 0.5) is 4.39 Å². The number of likely N-dealkylation sites (N-methyl/N-ethyl adjacent to an activating group) is 1. The third-order valence-corrected chi connectivity index (χ3v) is 3.94. The van der Waals surface area contributed by atoms with Gasteiger partial charge in [-0.2, -0.15) is 11.3 Å². The molecule has 0 spiro atoms. The van der Waals surface area contributed by atoms with Gasteiger partial charge < -0.3 is 15.0 Å². The van der Waals surface area contributed by atoms with Crippen molar-refractivity contribution in [2.45, 2.75) is 6.04 Å². The van der Waals surface area contributed by atoms with Gasteiger partial charge in [0.15, 0.2) is 18.2 Å². The minimum atomic E-state index is -0.472. The summed E-state index contributed by atoms with van der Waals surface area (Å²) in [6.45, 7) is 0.272. The van der Waals surface area contributed by atoms with Crippen molar-refractivity contribution >= 4 is 17.2 Å². The summed E-state index contributed by atoms with van der Waals surface area (Å²) in [5.41, 5.74) is 1.16. The van der Waals surface area contributed by atoms with Crippen LogP contribution in [0.15, 0.2) is 41.1 Å². The lowest BCUT2D eigenvalue weighted by Crippen LogP contribution is -2.36. The van der Waals surface area contributed by atoms with E-state index in [1.807, 2.05) is 30.4 Å². The van der Waals surface area contributed by atoms with Gasteiger partial charge in [-0.15, -0.1) is 0 Å². The van der Waals surface area contributed by atoms with Crippen molar-refractivity contribution in [2.75, 3.05) is 27.2 Å². The second-order valence-electron chi connectivity index (χ2n) is 5.06. The molecule has 1 aromatic heterocycles. The molecule has 6 heteroatoms. The van der Waals surface area contributed by atoms with Crippen LogP contribution in [-0.2, 0) is 4.79 Å². The van der Waals surface area contributed by atoms with Gasteiger partial charge in [-0.1, -0.05) is 12.1 Å². The van der Waals surface area contributed by atoms with E-state index in [2.05, 4.69) is 10.7 Å². The van der Waals surface area contributed by atoms with E-state index in [0.717, 1.165) is 5.56 Å². The Morgan fingerprint density at radius 2 is 2.14 bits per heavy atom. The lowest BCUT2D eigenvalue weighted by molar-refractivity contribution is -0.123. The quantitative estimate of drug-likeness (QED) is 0.852. The molecule has 22 heavy (non-hydrogen) atoms. The Bertz CT molecular complexity index is 602. The Labute approximate surface area is 133 Å². The summed E-state index contributed by atoms with van der Waals surface area (Å²) in [4.78, 5) is 13.9. The van der Waals surface area contributed by atoms with Crippen LogP contribution in [0.2, 0.25) is 0 Å². The second kappa shape index (κ2) is 7.91. The SMILES string of the molecule is CN(C)C(CNC(=O)COc1ccccc1F)c1ccsc1. The van der Waals surface area contributed by atoms with E-state index in [0.29, 0.717) is 6.54 Å². The summed E-state index contributed by atoms with van der Waals surface area (Å²) in [7, 11) is 3.93. The van der Waals surface area contributed by atoms with E-state index in [1.54, 1.807) is 23.5 Å². The number of nitrogens with one attached hydrogen (secondary N) is 1. The van der Waals surface area contributed by atoms with Crippen molar-refractivity contribution in [3.63, 3.8) is 0 Å². The molecule has 4 nitrogen and oxygen atoms in total. The number of halogens is 1. The summed E-state index contributed by atoms with van der Waals surface area (Å²) in [5, 5.41) is 6.89. The molecule has 1 N–H and O–H groups in total. The van der Waals surface area contributed by atoms with Gasteiger partial charge in [-0.3, -0.25) is 4.79 Å². The number of carbonyl (C=O) groups excluding carboxylic acids is 1. The fraction of sp³-hybridized carbons (Fsp3) is 0.312. The van der Waals surface area contributed by atoms with E-state index >= 15 is 0 Å². The van der Waals surface area contributed by atoms with Crippen LogP contribution in [-0.4, -0.2) is 38.1 Å². The maximum Gasteiger partial charge on any atom is 0.258 e. The largest absolute Gasteiger partial charge is 0.481 e. The van der Waals surface area contributed by atoms with E-state index in [9.17, 15) is 9.18 Å². The van der Waals surface area contributed by atoms with Gasteiger partial charge in [0.05, 0.1) is 6.04 Å².